The second-order valence-corrected chi connectivity index (χ2v) is 8.46. The lowest BCUT2D eigenvalue weighted by Gasteiger charge is -2.13. The Morgan fingerprint density at radius 1 is 1.00 bits per heavy atom. The van der Waals surface area contributed by atoms with Gasteiger partial charge in [-0.3, -0.25) is 4.40 Å². The van der Waals surface area contributed by atoms with E-state index in [1.54, 1.807) is 12.1 Å². The predicted octanol–water partition coefficient (Wildman–Crippen LogP) is 6.35. The minimum Gasteiger partial charge on any atom is -0.507 e. The van der Waals surface area contributed by atoms with Crippen molar-refractivity contribution in [3.63, 3.8) is 0 Å². The summed E-state index contributed by atoms with van der Waals surface area (Å²) < 4.78 is 2.86. The van der Waals surface area contributed by atoms with E-state index in [1.165, 1.54) is 5.56 Å². The Morgan fingerprint density at radius 3 is 2.41 bits per heavy atom. The molecule has 0 fully saturated rings. The van der Waals surface area contributed by atoms with Crippen molar-refractivity contribution in [2.45, 2.75) is 33.6 Å². The molecule has 2 aromatic carbocycles. The predicted molar refractivity (Wildman–Crippen MR) is 121 cm³/mol. The summed E-state index contributed by atoms with van der Waals surface area (Å²) in [7, 11) is 0. The summed E-state index contributed by atoms with van der Waals surface area (Å²) >= 11 is 3.49. The second kappa shape index (κ2) is 7.52. The van der Waals surface area contributed by atoms with E-state index < -0.39 is 0 Å². The van der Waals surface area contributed by atoms with Crippen LogP contribution in [-0.4, -0.2) is 19.5 Å². The summed E-state index contributed by atoms with van der Waals surface area (Å²) in [6, 6.07) is 15.7. The molecule has 0 aliphatic carbocycles. The van der Waals surface area contributed by atoms with Gasteiger partial charge in [-0.15, -0.1) is 0 Å². The molecule has 0 radical (unpaired) electrons. The molecule has 0 saturated heterocycles. The summed E-state index contributed by atoms with van der Waals surface area (Å²) in [5, 5.41) is 14.0. The largest absolute Gasteiger partial charge is 0.507 e. The smallest absolute Gasteiger partial charge is 0.236 e. The van der Waals surface area contributed by atoms with Crippen molar-refractivity contribution in [1.29, 1.82) is 0 Å². The highest BCUT2D eigenvalue weighted by Gasteiger charge is 2.20. The van der Waals surface area contributed by atoms with Gasteiger partial charge in [0.2, 0.25) is 5.78 Å². The van der Waals surface area contributed by atoms with Crippen LogP contribution in [0.1, 0.15) is 36.7 Å². The number of hydrogen-bond acceptors (Lipinski definition) is 4. The Hall–Kier alpha value is -2.86. The van der Waals surface area contributed by atoms with Gasteiger partial charge >= 0.3 is 0 Å². The zero-order chi connectivity index (χ0) is 20.7. The third-order valence-electron chi connectivity index (χ3n) is 4.96. The average Bonchev–Trinajstić information content (AvgIpc) is 3.02. The Morgan fingerprint density at radius 2 is 1.72 bits per heavy atom. The monoisotopic (exact) mass is 450 g/mol. The highest BCUT2D eigenvalue weighted by Crippen LogP contribution is 2.38. The fourth-order valence-corrected chi connectivity index (χ4v) is 3.82. The zero-order valence-corrected chi connectivity index (χ0v) is 18.4. The lowest BCUT2D eigenvalue weighted by Crippen LogP contribution is -2.02. The van der Waals surface area contributed by atoms with Gasteiger partial charge in [-0.25, -0.2) is 9.97 Å². The van der Waals surface area contributed by atoms with Gasteiger partial charge in [0.15, 0.2) is 0 Å². The fourth-order valence-electron chi connectivity index (χ4n) is 3.46. The normalized spacial score (nSPS) is 11.4. The number of nitrogens with zero attached hydrogens (tertiary/aromatic N) is 3. The van der Waals surface area contributed by atoms with Crippen molar-refractivity contribution in [3.8, 4) is 17.0 Å². The zero-order valence-electron chi connectivity index (χ0n) is 16.9. The number of imidazole rings is 1. The van der Waals surface area contributed by atoms with Crippen molar-refractivity contribution < 1.29 is 5.11 Å². The van der Waals surface area contributed by atoms with Crippen LogP contribution in [0.5, 0.6) is 5.75 Å². The lowest BCUT2D eigenvalue weighted by atomic mass is 10.0. The van der Waals surface area contributed by atoms with Gasteiger partial charge in [0, 0.05) is 27.1 Å². The Balaban J connectivity index is 1.91. The first-order chi connectivity index (χ1) is 13.8. The Kier molecular flexibility index (Phi) is 5.04. The van der Waals surface area contributed by atoms with Crippen LogP contribution in [0.2, 0.25) is 0 Å². The van der Waals surface area contributed by atoms with E-state index in [9.17, 15) is 5.11 Å². The van der Waals surface area contributed by atoms with Crippen LogP contribution >= 0.6 is 15.9 Å². The summed E-state index contributed by atoms with van der Waals surface area (Å²) in [5.41, 5.74) is 5.44. The van der Waals surface area contributed by atoms with Crippen LogP contribution < -0.4 is 5.32 Å². The minimum atomic E-state index is 0.171. The first-order valence-electron chi connectivity index (χ1n) is 9.56. The number of phenolic OH excluding ortho intramolecular Hbond substituents is 1. The number of phenols is 1. The average molecular weight is 451 g/mol. The number of halogens is 1. The van der Waals surface area contributed by atoms with E-state index >= 15 is 0 Å². The third kappa shape index (κ3) is 3.72. The number of rotatable bonds is 4. The van der Waals surface area contributed by atoms with Crippen LogP contribution in [0, 0.1) is 13.8 Å². The minimum absolute atomic E-state index is 0.171. The maximum absolute atomic E-state index is 10.5. The molecule has 0 bridgehead atoms. The number of fused-ring (bicyclic) bond motifs is 1. The number of aryl methyl sites for hydroxylation is 2. The molecule has 0 unspecified atom stereocenters. The van der Waals surface area contributed by atoms with Gasteiger partial charge in [0.1, 0.15) is 17.3 Å². The van der Waals surface area contributed by atoms with Crippen LogP contribution in [0.15, 0.2) is 53.0 Å². The van der Waals surface area contributed by atoms with Crippen LogP contribution in [0.4, 0.5) is 11.5 Å². The topological polar surface area (TPSA) is 62.5 Å². The summed E-state index contributed by atoms with van der Waals surface area (Å²) in [5.74, 6) is 2.02. The Labute approximate surface area is 178 Å². The Bertz CT molecular complexity index is 1200. The molecule has 0 atom stereocenters. The maximum Gasteiger partial charge on any atom is 0.236 e. The maximum atomic E-state index is 10.5. The number of benzene rings is 2. The van der Waals surface area contributed by atoms with Crippen molar-refractivity contribution >= 4 is 33.2 Å². The molecule has 4 aromatic rings. The van der Waals surface area contributed by atoms with Crippen LogP contribution in [-0.2, 0) is 0 Å². The molecule has 0 saturated carbocycles. The van der Waals surface area contributed by atoms with Crippen LogP contribution in [0.25, 0.3) is 17.0 Å². The molecule has 0 amide bonds. The van der Waals surface area contributed by atoms with Gasteiger partial charge in [0.25, 0.3) is 0 Å². The fraction of sp³-hybridized carbons (Fsp3) is 0.217. The van der Waals surface area contributed by atoms with Crippen molar-refractivity contribution in [2.24, 2.45) is 0 Å². The molecule has 0 spiro atoms. The van der Waals surface area contributed by atoms with Crippen molar-refractivity contribution in [3.05, 3.63) is 70.0 Å². The standard InChI is InChI=1S/C23H23BrN4O/c1-13(2)16-5-8-18(9-6-16)26-22-21(19-12-17(24)7-10-20(19)29)27-23-25-14(3)11-15(4)28(22)23/h5-13,26,29H,1-4H3. The highest BCUT2D eigenvalue weighted by atomic mass is 79.9. The molecule has 6 heteroatoms. The molecule has 2 N–H and O–H groups in total. The van der Waals surface area contributed by atoms with Gasteiger partial charge in [-0.2, -0.15) is 0 Å². The van der Waals surface area contributed by atoms with E-state index in [0.29, 0.717) is 23.0 Å². The third-order valence-corrected chi connectivity index (χ3v) is 5.45. The molecule has 29 heavy (non-hydrogen) atoms. The summed E-state index contributed by atoms with van der Waals surface area (Å²) in [6.45, 7) is 8.34. The van der Waals surface area contributed by atoms with E-state index in [1.807, 2.05) is 30.4 Å². The lowest BCUT2D eigenvalue weighted by molar-refractivity contribution is 0.477. The van der Waals surface area contributed by atoms with E-state index in [-0.39, 0.29) is 5.75 Å². The molecule has 4 rings (SSSR count). The number of aromatic nitrogens is 3. The van der Waals surface area contributed by atoms with Crippen LogP contribution in [0.3, 0.4) is 0 Å². The van der Waals surface area contributed by atoms with E-state index in [2.05, 4.69) is 64.3 Å². The number of nitrogens with one attached hydrogen (secondary N) is 1. The summed E-state index contributed by atoms with van der Waals surface area (Å²) in [4.78, 5) is 9.35. The molecule has 0 aliphatic rings. The van der Waals surface area contributed by atoms with Gasteiger partial charge in [-0.1, -0.05) is 41.9 Å². The highest BCUT2D eigenvalue weighted by molar-refractivity contribution is 9.10. The van der Waals surface area contributed by atoms with Gasteiger partial charge in [-0.05, 0) is 61.7 Å². The van der Waals surface area contributed by atoms with Crippen molar-refractivity contribution in [2.75, 3.05) is 5.32 Å². The first kappa shape index (κ1) is 19.5. The molecule has 2 heterocycles. The van der Waals surface area contributed by atoms with Crippen molar-refractivity contribution in [1.82, 2.24) is 14.4 Å². The molecule has 148 valence electrons. The quantitative estimate of drug-likeness (QED) is 0.380. The van der Waals surface area contributed by atoms with Gasteiger partial charge in [0.05, 0.1) is 0 Å². The number of aromatic hydroxyl groups is 1. The first-order valence-corrected chi connectivity index (χ1v) is 10.4. The van der Waals surface area contributed by atoms with E-state index in [0.717, 1.165) is 27.4 Å². The SMILES string of the molecule is Cc1cc(C)n2c(Nc3ccc(C(C)C)cc3)c(-c3cc(Br)ccc3O)nc2n1. The van der Waals surface area contributed by atoms with E-state index in [4.69, 9.17) is 4.98 Å². The molecule has 5 nitrogen and oxygen atoms in total. The molecular formula is C23H23BrN4O. The molecule has 2 aromatic heterocycles. The number of anilines is 2. The molecule has 0 aliphatic heterocycles. The molecular weight excluding hydrogens is 428 g/mol. The number of hydrogen-bond donors (Lipinski definition) is 2. The second-order valence-electron chi connectivity index (χ2n) is 7.55. The van der Waals surface area contributed by atoms with Gasteiger partial charge < -0.3 is 10.4 Å². The summed E-state index contributed by atoms with van der Waals surface area (Å²) in [6.07, 6.45) is 0.